The predicted molar refractivity (Wildman–Crippen MR) is 132 cm³/mol. The smallest absolute Gasteiger partial charge is 0.335 e. The number of hydrogen-bond donors (Lipinski definition) is 1. The molecule has 0 bridgehead atoms. The summed E-state index contributed by atoms with van der Waals surface area (Å²) in [7, 11) is 0. The van der Waals surface area contributed by atoms with Crippen LogP contribution in [0.3, 0.4) is 0 Å². The van der Waals surface area contributed by atoms with Crippen molar-refractivity contribution in [3.8, 4) is 11.3 Å². The minimum Gasteiger partial charge on any atom is -0.478 e. The third-order valence-electron chi connectivity index (χ3n) is 6.65. The number of anilines is 1. The van der Waals surface area contributed by atoms with Crippen molar-refractivity contribution in [2.75, 3.05) is 18.0 Å². The average molecular weight is 501 g/mol. The van der Waals surface area contributed by atoms with Gasteiger partial charge in [0.25, 0.3) is 0 Å². The molecule has 2 heterocycles. The molecule has 2 atom stereocenters. The van der Waals surface area contributed by atoms with Crippen LogP contribution in [-0.2, 0) is 4.74 Å². The predicted octanol–water partition coefficient (Wildman–Crippen LogP) is 6.87. The Hall–Kier alpha value is -2.54. The van der Waals surface area contributed by atoms with Crippen molar-refractivity contribution in [3.05, 3.63) is 69.9 Å². The van der Waals surface area contributed by atoms with E-state index in [-0.39, 0.29) is 12.2 Å². The van der Waals surface area contributed by atoms with Crippen molar-refractivity contribution < 1.29 is 19.2 Å². The molecule has 34 heavy (non-hydrogen) atoms. The highest BCUT2D eigenvalue weighted by Crippen LogP contribution is 2.48. The fourth-order valence-electron chi connectivity index (χ4n) is 4.68. The van der Waals surface area contributed by atoms with Crippen molar-refractivity contribution in [2.24, 2.45) is 5.92 Å². The summed E-state index contributed by atoms with van der Waals surface area (Å²) in [6.45, 7) is 1.76. The topological polar surface area (TPSA) is 75.8 Å². The first kappa shape index (κ1) is 23.2. The second kappa shape index (κ2) is 9.98. The third kappa shape index (κ3) is 4.95. The fraction of sp³-hybridized carbons (Fsp3) is 0.385. The Morgan fingerprint density at radius 1 is 1.06 bits per heavy atom. The molecule has 3 aromatic rings. The first-order chi connectivity index (χ1) is 16.5. The van der Waals surface area contributed by atoms with E-state index in [1.54, 1.807) is 30.5 Å². The van der Waals surface area contributed by atoms with Gasteiger partial charge in [-0.25, -0.2) is 4.79 Å². The third-order valence-corrected chi connectivity index (χ3v) is 7.28. The lowest BCUT2D eigenvalue weighted by atomic mass is 10.0. The highest BCUT2D eigenvalue weighted by atomic mass is 35.5. The average Bonchev–Trinajstić information content (AvgIpc) is 3.60. The van der Waals surface area contributed by atoms with E-state index in [4.69, 9.17) is 37.6 Å². The van der Waals surface area contributed by atoms with Gasteiger partial charge in [0.1, 0.15) is 12.0 Å². The maximum absolute atomic E-state index is 11.1. The van der Waals surface area contributed by atoms with E-state index in [9.17, 15) is 4.79 Å². The van der Waals surface area contributed by atoms with Crippen LogP contribution < -0.4 is 4.90 Å². The Kier molecular flexibility index (Phi) is 6.82. The van der Waals surface area contributed by atoms with Crippen LogP contribution in [0.2, 0.25) is 10.0 Å². The molecule has 2 aliphatic rings. The van der Waals surface area contributed by atoms with Crippen LogP contribution in [0, 0.1) is 5.92 Å². The van der Waals surface area contributed by atoms with E-state index in [0.717, 1.165) is 56.4 Å². The lowest BCUT2D eigenvalue weighted by Crippen LogP contribution is -2.25. The van der Waals surface area contributed by atoms with Crippen LogP contribution in [0.5, 0.6) is 0 Å². The highest BCUT2D eigenvalue weighted by Gasteiger charge is 2.38. The van der Waals surface area contributed by atoms with E-state index in [1.165, 1.54) is 0 Å². The van der Waals surface area contributed by atoms with Gasteiger partial charge in [-0.3, -0.25) is 0 Å². The molecular formula is C26H26Cl2N2O4. The van der Waals surface area contributed by atoms with Crippen LogP contribution >= 0.6 is 23.2 Å². The number of benzene rings is 2. The molecule has 6 nitrogen and oxygen atoms in total. The fourth-order valence-corrected chi connectivity index (χ4v) is 5.26. The largest absolute Gasteiger partial charge is 0.478 e. The monoisotopic (exact) mass is 500 g/mol. The van der Waals surface area contributed by atoms with Gasteiger partial charge in [-0.15, -0.1) is 0 Å². The number of ether oxygens (including phenoxy) is 1. The molecule has 2 fully saturated rings. The van der Waals surface area contributed by atoms with E-state index < -0.39 is 5.97 Å². The number of nitrogens with zero attached hydrogens (tertiary/aromatic N) is 2. The number of aromatic carboxylic acids is 1. The van der Waals surface area contributed by atoms with E-state index in [0.29, 0.717) is 32.8 Å². The Labute approximate surface area is 208 Å². The summed E-state index contributed by atoms with van der Waals surface area (Å²) in [5.41, 5.74) is 3.58. The maximum Gasteiger partial charge on any atom is 0.335 e. The molecule has 1 aliphatic heterocycles. The minimum absolute atomic E-state index is 0.110. The van der Waals surface area contributed by atoms with Crippen molar-refractivity contribution in [3.63, 3.8) is 0 Å². The first-order valence-electron chi connectivity index (χ1n) is 11.6. The molecule has 2 unspecified atom stereocenters. The number of rotatable bonds is 7. The summed E-state index contributed by atoms with van der Waals surface area (Å²) in [6.07, 6.45) is 6.73. The lowest BCUT2D eigenvalue weighted by Gasteiger charge is -2.25. The van der Waals surface area contributed by atoms with Gasteiger partial charge in [0, 0.05) is 29.9 Å². The summed E-state index contributed by atoms with van der Waals surface area (Å²) < 4.78 is 12.1. The molecule has 0 amide bonds. The summed E-state index contributed by atoms with van der Waals surface area (Å²) in [5, 5.41) is 14.5. The van der Waals surface area contributed by atoms with Gasteiger partial charge in [0.2, 0.25) is 0 Å². The molecule has 5 rings (SSSR count). The number of carboxylic acid groups (broad SMARTS) is 1. The lowest BCUT2D eigenvalue weighted by molar-refractivity contribution is -0.0306. The second-order valence-corrected chi connectivity index (χ2v) is 9.82. The second-order valence-electron chi connectivity index (χ2n) is 9.00. The van der Waals surface area contributed by atoms with Crippen LogP contribution in [0.1, 0.15) is 54.1 Å². The minimum atomic E-state index is -0.909. The Morgan fingerprint density at radius 2 is 1.79 bits per heavy atom. The zero-order valence-corrected chi connectivity index (χ0v) is 20.1. The quantitative estimate of drug-likeness (QED) is 0.381. The van der Waals surface area contributed by atoms with Crippen molar-refractivity contribution in [1.29, 1.82) is 0 Å². The molecule has 1 aliphatic carbocycles. The summed E-state index contributed by atoms with van der Waals surface area (Å²) in [5.74, 6) is -0.476. The van der Waals surface area contributed by atoms with Gasteiger partial charge in [0.05, 0.1) is 27.8 Å². The maximum atomic E-state index is 11.1. The molecule has 178 valence electrons. The molecule has 1 saturated heterocycles. The van der Waals surface area contributed by atoms with Gasteiger partial charge in [-0.1, -0.05) is 34.4 Å². The van der Waals surface area contributed by atoms with Gasteiger partial charge in [0.15, 0.2) is 0 Å². The van der Waals surface area contributed by atoms with Crippen LogP contribution in [0.25, 0.3) is 11.3 Å². The number of aromatic nitrogens is 1. The van der Waals surface area contributed by atoms with Gasteiger partial charge >= 0.3 is 5.97 Å². The normalized spacial score (nSPS) is 19.6. The standard InChI is InChI=1S/C26H26Cl2N2O4/c27-21-4-1-5-22(28)23(21)24-20(15-33-29-24)25(16-6-7-16)34-19-3-2-13-30(14-12-19)18-10-8-17(9-11-18)26(31)32/h1,4-5,8-11,15-16,19,25H,2-3,6-7,12-14H2,(H,31,32). The molecular weight excluding hydrogens is 475 g/mol. The molecule has 2 aromatic carbocycles. The number of hydrogen-bond acceptors (Lipinski definition) is 5. The Balaban J connectivity index is 1.31. The van der Waals surface area contributed by atoms with Crippen LogP contribution in [0.15, 0.2) is 53.3 Å². The Morgan fingerprint density at radius 3 is 2.47 bits per heavy atom. The molecule has 1 aromatic heterocycles. The highest BCUT2D eigenvalue weighted by molar-refractivity contribution is 6.39. The summed E-state index contributed by atoms with van der Waals surface area (Å²) >= 11 is 12.9. The van der Waals surface area contributed by atoms with Gasteiger partial charge in [-0.2, -0.15) is 0 Å². The molecule has 1 N–H and O–H groups in total. The van der Waals surface area contributed by atoms with Gasteiger partial charge < -0.3 is 19.3 Å². The van der Waals surface area contributed by atoms with E-state index in [2.05, 4.69) is 10.1 Å². The van der Waals surface area contributed by atoms with E-state index in [1.807, 2.05) is 18.2 Å². The van der Waals surface area contributed by atoms with Crippen LogP contribution in [-0.4, -0.2) is 35.4 Å². The Bertz CT molecular complexity index is 1140. The van der Waals surface area contributed by atoms with Crippen molar-refractivity contribution in [1.82, 2.24) is 5.16 Å². The zero-order valence-electron chi connectivity index (χ0n) is 18.6. The summed E-state index contributed by atoms with van der Waals surface area (Å²) in [4.78, 5) is 13.4. The molecule has 1 saturated carbocycles. The zero-order chi connectivity index (χ0) is 23.7. The number of carboxylic acids is 1. The number of carbonyl (C=O) groups is 1. The molecule has 0 radical (unpaired) electrons. The molecule has 0 spiro atoms. The van der Waals surface area contributed by atoms with Crippen molar-refractivity contribution in [2.45, 2.75) is 44.3 Å². The van der Waals surface area contributed by atoms with Crippen LogP contribution in [0.4, 0.5) is 5.69 Å². The SMILES string of the molecule is O=C(O)c1ccc(N2CCCC(OC(c3conc3-c3c(Cl)cccc3Cl)C3CC3)CC2)cc1. The van der Waals surface area contributed by atoms with Gasteiger partial charge in [-0.05, 0) is 74.4 Å². The molecule has 8 heteroatoms. The van der Waals surface area contributed by atoms with E-state index >= 15 is 0 Å². The summed E-state index contributed by atoms with van der Waals surface area (Å²) in [6, 6.07) is 12.5. The van der Waals surface area contributed by atoms with Crippen molar-refractivity contribution >= 4 is 34.9 Å². The first-order valence-corrected chi connectivity index (χ1v) is 12.4. The number of halogens is 2.